The minimum Gasteiger partial charge on any atom is -0.479 e. The van der Waals surface area contributed by atoms with Crippen LogP contribution in [0.15, 0.2) is 0 Å². The van der Waals surface area contributed by atoms with Gasteiger partial charge in [-0.15, -0.1) is 0 Å². The summed E-state index contributed by atoms with van der Waals surface area (Å²) in [5.74, 6) is -1.41. The molecule has 0 aliphatic heterocycles. The molecule has 0 aromatic rings. The van der Waals surface area contributed by atoms with Crippen LogP contribution in [0.4, 0.5) is 4.79 Å². The van der Waals surface area contributed by atoms with E-state index < -0.39 is 28.6 Å². The number of carboxylic acids is 1. The van der Waals surface area contributed by atoms with Crippen LogP contribution in [-0.4, -0.2) is 28.3 Å². The Morgan fingerprint density at radius 1 is 1.17 bits per heavy atom. The van der Waals surface area contributed by atoms with Crippen molar-refractivity contribution in [2.45, 2.75) is 52.7 Å². The van der Waals surface area contributed by atoms with Crippen LogP contribution in [0.5, 0.6) is 0 Å². The number of carbonyl (C=O) groups excluding carboxylic acids is 1. The standard InChI is InChI=1S/C12H20N2O4/c1-10(2,3)12(7-13,8(15)16)14-9(17)18-11(4,5)6/h1-6H3,(H,14,17)(H,15,16). The molecule has 6 nitrogen and oxygen atoms in total. The van der Waals surface area contributed by atoms with Crippen LogP contribution < -0.4 is 5.32 Å². The number of nitrogens with one attached hydrogen (secondary N) is 1. The van der Waals surface area contributed by atoms with Gasteiger partial charge >= 0.3 is 12.1 Å². The molecule has 0 rings (SSSR count). The molecule has 0 spiro atoms. The molecule has 0 bridgehead atoms. The average molecular weight is 256 g/mol. The number of carbonyl (C=O) groups is 2. The maximum absolute atomic E-state index is 11.6. The maximum atomic E-state index is 11.6. The average Bonchev–Trinajstić information content (AvgIpc) is 2.08. The lowest BCUT2D eigenvalue weighted by Gasteiger charge is -2.36. The second kappa shape index (κ2) is 4.84. The maximum Gasteiger partial charge on any atom is 0.409 e. The van der Waals surface area contributed by atoms with Gasteiger partial charge in [0.25, 0.3) is 0 Å². The van der Waals surface area contributed by atoms with Crippen LogP contribution in [0.1, 0.15) is 41.5 Å². The second-order valence-electron chi connectivity index (χ2n) is 6.04. The Balaban J connectivity index is 5.25. The van der Waals surface area contributed by atoms with Crippen LogP contribution in [0, 0.1) is 16.7 Å². The van der Waals surface area contributed by atoms with E-state index in [-0.39, 0.29) is 0 Å². The predicted molar refractivity (Wildman–Crippen MR) is 64.8 cm³/mol. The fourth-order valence-corrected chi connectivity index (χ4v) is 1.26. The quantitative estimate of drug-likeness (QED) is 0.786. The Morgan fingerprint density at radius 2 is 1.61 bits per heavy atom. The van der Waals surface area contributed by atoms with Crippen molar-refractivity contribution in [3.8, 4) is 6.07 Å². The molecule has 6 heteroatoms. The van der Waals surface area contributed by atoms with Gasteiger partial charge in [0.1, 0.15) is 11.7 Å². The number of rotatable bonds is 2. The summed E-state index contributed by atoms with van der Waals surface area (Å²) in [5.41, 5.74) is -3.78. The smallest absolute Gasteiger partial charge is 0.409 e. The lowest BCUT2D eigenvalue weighted by atomic mass is 9.74. The lowest BCUT2D eigenvalue weighted by Crippen LogP contribution is -2.62. The first-order valence-electron chi connectivity index (χ1n) is 5.51. The number of nitrogens with zero attached hydrogens (tertiary/aromatic N) is 1. The summed E-state index contributed by atoms with van der Waals surface area (Å²) in [6, 6.07) is 1.66. The predicted octanol–water partition coefficient (Wildman–Crippen LogP) is 1.90. The molecular formula is C12H20N2O4. The fraction of sp³-hybridized carbons (Fsp3) is 0.750. The van der Waals surface area contributed by atoms with Crippen molar-refractivity contribution >= 4 is 12.1 Å². The number of hydrogen-bond donors (Lipinski definition) is 2. The number of carboxylic acid groups (broad SMARTS) is 1. The van der Waals surface area contributed by atoms with Gasteiger partial charge < -0.3 is 9.84 Å². The normalized spacial score (nSPS) is 15.2. The fourth-order valence-electron chi connectivity index (χ4n) is 1.26. The van der Waals surface area contributed by atoms with Crippen molar-refractivity contribution in [2.24, 2.45) is 5.41 Å². The first-order chi connectivity index (χ1) is 7.85. The number of amides is 1. The van der Waals surface area contributed by atoms with Gasteiger partial charge in [0, 0.05) is 5.41 Å². The highest BCUT2D eigenvalue weighted by molar-refractivity contribution is 5.88. The van der Waals surface area contributed by atoms with Gasteiger partial charge in [-0.25, -0.2) is 9.59 Å². The molecular weight excluding hydrogens is 236 g/mol. The molecule has 0 aromatic heterocycles. The van der Waals surface area contributed by atoms with E-state index in [0.717, 1.165) is 0 Å². The molecule has 18 heavy (non-hydrogen) atoms. The summed E-state index contributed by atoms with van der Waals surface area (Å²) in [6.07, 6.45) is -0.929. The minimum atomic E-state index is -2.03. The number of aliphatic carboxylic acids is 1. The monoisotopic (exact) mass is 256 g/mol. The first kappa shape index (κ1) is 16.2. The molecule has 1 unspecified atom stereocenters. The van der Waals surface area contributed by atoms with E-state index in [2.05, 4.69) is 5.32 Å². The molecule has 0 aromatic carbocycles. The molecule has 102 valence electrons. The van der Waals surface area contributed by atoms with Crippen LogP contribution in [0.3, 0.4) is 0 Å². The van der Waals surface area contributed by atoms with Gasteiger partial charge in [-0.1, -0.05) is 20.8 Å². The molecule has 1 amide bonds. The van der Waals surface area contributed by atoms with E-state index in [1.54, 1.807) is 47.6 Å². The van der Waals surface area contributed by atoms with Crippen molar-refractivity contribution in [1.82, 2.24) is 5.32 Å². The summed E-state index contributed by atoms with van der Waals surface area (Å²) in [6.45, 7) is 9.63. The van der Waals surface area contributed by atoms with Crippen LogP contribution in [0.25, 0.3) is 0 Å². The molecule has 0 aliphatic rings. The van der Waals surface area contributed by atoms with Gasteiger partial charge in [0.05, 0.1) is 0 Å². The largest absolute Gasteiger partial charge is 0.479 e. The van der Waals surface area contributed by atoms with Gasteiger partial charge in [-0.2, -0.15) is 5.26 Å². The number of hydrogen-bond acceptors (Lipinski definition) is 4. The number of nitriles is 1. The van der Waals surface area contributed by atoms with Gasteiger partial charge in [-0.3, -0.25) is 5.32 Å². The molecule has 0 fully saturated rings. The minimum absolute atomic E-state index is 0.762. The van der Waals surface area contributed by atoms with Crippen molar-refractivity contribution in [2.75, 3.05) is 0 Å². The van der Waals surface area contributed by atoms with E-state index in [9.17, 15) is 14.7 Å². The zero-order valence-corrected chi connectivity index (χ0v) is 11.6. The number of alkyl carbamates (subject to hydrolysis) is 1. The van der Waals surface area contributed by atoms with E-state index in [0.29, 0.717) is 0 Å². The van der Waals surface area contributed by atoms with Crippen LogP contribution in [-0.2, 0) is 9.53 Å². The third-order valence-corrected chi connectivity index (χ3v) is 2.30. The highest BCUT2D eigenvalue weighted by Crippen LogP contribution is 2.30. The zero-order valence-electron chi connectivity index (χ0n) is 11.6. The summed E-state index contributed by atoms with van der Waals surface area (Å²) in [7, 11) is 0. The molecule has 2 N–H and O–H groups in total. The van der Waals surface area contributed by atoms with E-state index in [4.69, 9.17) is 10.00 Å². The Kier molecular flexibility index (Phi) is 4.37. The van der Waals surface area contributed by atoms with E-state index >= 15 is 0 Å². The Hall–Kier alpha value is -1.77. The summed E-state index contributed by atoms with van der Waals surface area (Å²) in [5, 5.41) is 20.5. The molecule has 1 atom stereocenters. The zero-order chi connectivity index (χ0) is 14.8. The van der Waals surface area contributed by atoms with Gasteiger partial charge in [0.2, 0.25) is 5.54 Å². The highest BCUT2D eigenvalue weighted by atomic mass is 16.6. The van der Waals surface area contributed by atoms with Gasteiger partial charge in [-0.05, 0) is 20.8 Å². The molecule has 0 saturated carbocycles. The highest BCUT2D eigenvalue weighted by Gasteiger charge is 2.51. The van der Waals surface area contributed by atoms with Crippen LogP contribution in [0.2, 0.25) is 0 Å². The molecule has 0 aliphatic carbocycles. The number of ether oxygens (including phenoxy) is 1. The van der Waals surface area contributed by atoms with Crippen LogP contribution >= 0.6 is 0 Å². The second-order valence-corrected chi connectivity index (χ2v) is 6.04. The van der Waals surface area contributed by atoms with Crippen molar-refractivity contribution in [3.63, 3.8) is 0 Å². The Morgan fingerprint density at radius 3 is 1.83 bits per heavy atom. The summed E-state index contributed by atoms with van der Waals surface area (Å²) in [4.78, 5) is 22.9. The Labute approximate surface area is 107 Å². The van der Waals surface area contributed by atoms with Crippen molar-refractivity contribution in [3.05, 3.63) is 0 Å². The topological polar surface area (TPSA) is 99.4 Å². The van der Waals surface area contributed by atoms with E-state index in [1.165, 1.54) is 0 Å². The van der Waals surface area contributed by atoms with Crippen molar-refractivity contribution < 1.29 is 19.4 Å². The third-order valence-electron chi connectivity index (χ3n) is 2.30. The molecule has 0 heterocycles. The summed E-state index contributed by atoms with van der Waals surface area (Å²) < 4.78 is 4.98. The lowest BCUT2D eigenvalue weighted by molar-refractivity contribution is -0.146. The van der Waals surface area contributed by atoms with E-state index in [1.807, 2.05) is 0 Å². The third kappa shape index (κ3) is 3.62. The Bertz CT molecular complexity index is 384. The van der Waals surface area contributed by atoms with Gasteiger partial charge in [0.15, 0.2) is 0 Å². The van der Waals surface area contributed by atoms with Crippen molar-refractivity contribution in [1.29, 1.82) is 5.26 Å². The first-order valence-corrected chi connectivity index (χ1v) is 5.51. The SMILES string of the molecule is CC(C)(C)OC(=O)NC(C#N)(C(=O)O)C(C)(C)C. The molecule has 0 saturated heterocycles. The summed E-state index contributed by atoms with van der Waals surface area (Å²) >= 11 is 0. The molecule has 0 radical (unpaired) electrons.